The van der Waals surface area contributed by atoms with Gasteiger partial charge in [0, 0.05) is 23.8 Å². The molecule has 1 heterocycles. The normalized spacial score (nSPS) is 14.6. The molecule has 0 bridgehead atoms. The van der Waals surface area contributed by atoms with Crippen LogP contribution in [-0.2, 0) is 12.8 Å². The van der Waals surface area contributed by atoms with Gasteiger partial charge in [0.1, 0.15) is 11.3 Å². The molecule has 1 aromatic carbocycles. The lowest BCUT2D eigenvalue weighted by Crippen LogP contribution is -2.10. The van der Waals surface area contributed by atoms with E-state index in [-0.39, 0.29) is 5.82 Å². The van der Waals surface area contributed by atoms with Crippen molar-refractivity contribution in [2.45, 2.75) is 32.6 Å². The lowest BCUT2D eigenvalue weighted by molar-refractivity contribution is 0.631. The number of nitrogens with zero attached hydrogens (tertiary/aromatic N) is 1. The maximum absolute atomic E-state index is 14.0. The van der Waals surface area contributed by atoms with Crippen LogP contribution in [0.4, 0.5) is 10.1 Å². The van der Waals surface area contributed by atoms with Gasteiger partial charge in [-0.05, 0) is 49.8 Å². The van der Waals surface area contributed by atoms with Crippen LogP contribution >= 0.6 is 0 Å². The van der Waals surface area contributed by atoms with Crippen molar-refractivity contribution in [3.05, 3.63) is 34.8 Å². The summed E-state index contributed by atoms with van der Waals surface area (Å²) in [5.74, 6) is -0.222. The Bertz CT molecular complexity index is 620. The van der Waals surface area contributed by atoms with Gasteiger partial charge in [0.15, 0.2) is 0 Å². The van der Waals surface area contributed by atoms with Crippen LogP contribution in [0.15, 0.2) is 12.1 Å². The standard InChI is InChI=1S/C15H17FN2/c1-9-7-8-11(16)15-13(9)14(17-2)10-5-3-4-6-12(10)18-15/h7-8H,3-6H2,1-2H3,(H,17,18). The van der Waals surface area contributed by atoms with Crippen LogP contribution in [0, 0.1) is 12.7 Å². The number of benzene rings is 1. The third-order valence-electron chi connectivity index (χ3n) is 3.82. The summed E-state index contributed by atoms with van der Waals surface area (Å²) >= 11 is 0. The van der Waals surface area contributed by atoms with Crippen LogP contribution in [0.5, 0.6) is 0 Å². The molecule has 0 radical (unpaired) electrons. The molecule has 1 aromatic heterocycles. The third kappa shape index (κ3) is 1.57. The monoisotopic (exact) mass is 244 g/mol. The van der Waals surface area contributed by atoms with E-state index in [2.05, 4.69) is 10.3 Å². The van der Waals surface area contributed by atoms with Crippen molar-refractivity contribution < 1.29 is 4.39 Å². The zero-order chi connectivity index (χ0) is 12.7. The van der Waals surface area contributed by atoms with E-state index >= 15 is 0 Å². The minimum Gasteiger partial charge on any atom is -0.387 e. The highest BCUT2D eigenvalue weighted by atomic mass is 19.1. The van der Waals surface area contributed by atoms with Crippen LogP contribution < -0.4 is 5.32 Å². The molecule has 0 spiro atoms. The number of rotatable bonds is 1. The van der Waals surface area contributed by atoms with E-state index in [1.807, 2.05) is 20.0 Å². The molecule has 0 unspecified atom stereocenters. The third-order valence-corrected chi connectivity index (χ3v) is 3.82. The molecule has 1 N–H and O–H groups in total. The molecule has 0 saturated carbocycles. The Morgan fingerprint density at radius 3 is 2.78 bits per heavy atom. The van der Waals surface area contributed by atoms with Crippen LogP contribution in [0.2, 0.25) is 0 Å². The first-order valence-corrected chi connectivity index (χ1v) is 6.50. The molecule has 0 saturated heterocycles. The van der Waals surface area contributed by atoms with Crippen molar-refractivity contribution in [2.75, 3.05) is 12.4 Å². The highest BCUT2D eigenvalue weighted by Crippen LogP contribution is 2.35. The van der Waals surface area contributed by atoms with Crippen molar-refractivity contribution in [3.63, 3.8) is 0 Å². The topological polar surface area (TPSA) is 24.9 Å². The summed E-state index contributed by atoms with van der Waals surface area (Å²) in [7, 11) is 1.91. The Balaban J connectivity index is 2.44. The van der Waals surface area contributed by atoms with Crippen LogP contribution in [0.25, 0.3) is 10.9 Å². The Kier molecular flexibility index (Phi) is 2.69. The van der Waals surface area contributed by atoms with Crippen LogP contribution in [0.1, 0.15) is 29.7 Å². The second kappa shape index (κ2) is 4.23. The number of aromatic nitrogens is 1. The highest BCUT2D eigenvalue weighted by Gasteiger charge is 2.19. The van der Waals surface area contributed by atoms with E-state index in [1.165, 1.54) is 18.1 Å². The number of nitrogens with one attached hydrogen (secondary N) is 1. The summed E-state index contributed by atoms with van der Waals surface area (Å²) in [6.45, 7) is 2.01. The second-order valence-corrected chi connectivity index (χ2v) is 4.96. The summed E-state index contributed by atoms with van der Waals surface area (Å²) < 4.78 is 14.0. The van der Waals surface area contributed by atoms with E-state index in [9.17, 15) is 4.39 Å². The van der Waals surface area contributed by atoms with Crippen molar-refractivity contribution in [2.24, 2.45) is 0 Å². The SMILES string of the molecule is CNc1c2c(nc3c(F)ccc(C)c13)CCCC2. The Morgan fingerprint density at radius 1 is 1.22 bits per heavy atom. The van der Waals surface area contributed by atoms with Gasteiger partial charge in [0.25, 0.3) is 0 Å². The fourth-order valence-corrected chi connectivity index (χ4v) is 2.94. The van der Waals surface area contributed by atoms with Gasteiger partial charge in [-0.15, -0.1) is 0 Å². The minimum absolute atomic E-state index is 0.222. The Hall–Kier alpha value is -1.64. The van der Waals surface area contributed by atoms with Crippen molar-refractivity contribution in [1.82, 2.24) is 4.98 Å². The fourth-order valence-electron chi connectivity index (χ4n) is 2.94. The van der Waals surface area contributed by atoms with E-state index < -0.39 is 0 Å². The molecule has 94 valence electrons. The molecular formula is C15H17FN2. The van der Waals surface area contributed by atoms with Crippen molar-refractivity contribution in [3.8, 4) is 0 Å². The number of pyridine rings is 1. The smallest absolute Gasteiger partial charge is 0.149 e. The van der Waals surface area contributed by atoms with E-state index in [4.69, 9.17) is 0 Å². The Labute approximate surface area is 106 Å². The molecule has 3 heteroatoms. The largest absolute Gasteiger partial charge is 0.387 e. The van der Waals surface area contributed by atoms with Gasteiger partial charge < -0.3 is 5.32 Å². The quantitative estimate of drug-likeness (QED) is 0.829. The summed E-state index contributed by atoms with van der Waals surface area (Å²) in [5.41, 5.74) is 5.02. The lowest BCUT2D eigenvalue weighted by Gasteiger charge is -2.21. The van der Waals surface area contributed by atoms with Gasteiger partial charge in [-0.3, -0.25) is 0 Å². The first-order chi connectivity index (χ1) is 8.72. The van der Waals surface area contributed by atoms with E-state index in [0.29, 0.717) is 5.52 Å². The van der Waals surface area contributed by atoms with Crippen molar-refractivity contribution in [1.29, 1.82) is 0 Å². The predicted molar refractivity (Wildman–Crippen MR) is 72.6 cm³/mol. The molecule has 1 aliphatic rings. The number of hydrogen-bond acceptors (Lipinski definition) is 2. The number of anilines is 1. The van der Waals surface area contributed by atoms with Gasteiger partial charge in [0.2, 0.25) is 0 Å². The average molecular weight is 244 g/mol. The summed E-state index contributed by atoms with van der Waals surface area (Å²) in [4.78, 5) is 4.57. The number of hydrogen-bond donors (Lipinski definition) is 1. The lowest BCUT2D eigenvalue weighted by atomic mass is 9.91. The molecular weight excluding hydrogens is 227 g/mol. The molecule has 2 nitrogen and oxygen atoms in total. The fraction of sp³-hybridized carbons (Fsp3) is 0.400. The molecule has 18 heavy (non-hydrogen) atoms. The zero-order valence-corrected chi connectivity index (χ0v) is 10.8. The van der Waals surface area contributed by atoms with Crippen LogP contribution in [0.3, 0.4) is 0 Å². The summed E-state index contributed by atoms with van der Waals surface area (Å²) in [5, 5.41) is 4.20. The van der Waals surface area contributed by atoms with Gasteiger partial charge in [-0.1, -0.05) is 6.07 Å². The average Bonchev–Trinajstić information content (AvgIpc) is 2.41. The number of aryl methyl sites for hydroxylation is 2. The minimum atomic E-state index is -0.222. The van der Waals surface area contributed by atoms with Crippen LogP contribution in [-0.4, -0.2) is 12.0 Å². The first kappa shape index (κ1) is 11.5. The molecule has 0 fully saturated rings. The predicted octanol–water partition coefficient (Wildman–Crippen LogP) is 3.60. The molecule has 3 rings (SSSR count). The van der Waals surface area contributed by atoms with Gasteiger partial charge in [0.05, 0.1) is 0 Å². The molecule has 0 atom stereocenters. The Morgan fingerprint density at radius 2 is 2.00 bits per heavy atom. The molecule has 0 amide bonds. The van der Waals surface area contributed by atoms with E-state index in [0.717, 1.165) is 41.6 Å². The highest BCUT2D eigenvalue weighted by molar-refractivity contribution is 5.96. The molecule has 2 aromatic rings. The van der Waals surface area contributed by atoms with Gasteiger partial charge >= 0.3 is 0 Å². The van der Waals surface area contributed by atoms with Gasteiger partial charge in [-0.25, -0.2) is 9.37 Å². The number of halogens is 1. The molecule has 1 aliphatic carbocycles. The summed E-state index contributed by atoms with van der Waals surface area (Å²) in [6, 6.07) is 3.34. The summed E-state index contributed by atoms with van der Waals surface area (Å²) in [6.07, 6.45) is 4.36. The zero-order valence-electron chi connectivity index (χ0n) is 10.8. The van der Waals surface area contributed by atoms with Crippen molar-refractivity contribution >= 4 is 16.6 Å². The van der Waals surface area contributed by atoms with E-state index in [1.54, 1.807) is 0 Å². The van der Waals surface area contributed by atoms with Gasteiger partial charge in [-0.2, -0.15) is 0 Å². The maximum Gasteiger partial charge on any atom is 0.149 e. The maximum atomic E-state index is 14.0. The number of fused-ring (bicyclic) bond motifs is 2. The molecule has 0 aliphatic heterocycles. The second-order valence-electron chi connectivity index (χ2n) is 4.96. The first-order valence-electron chi connectivity index (χ1n) is 6.50.